The van der Waals surface area contributed by atoms with Crippen LogP contribution in [0.1, 0.15) is 51.4 Å². The lowest BCUT2D eigenvalue weighted by Gasteiger charge is -2.17. The summed E-state index contributed by atoms with van der Waals surface area (Å²) in [4.78, 5) is 31.0. The first kappa shape index (κ1) is 28.9. The number of nitrogens with zero attached hydrogens (tertiary/aromatic N) is 3. The summed E-state index contributed by atoms with van der Waals surface area (Å²) in [6.07, 6.45) is 0. The third kappa shape index (κ3) is 5.73. The number of anilines is 1. The highest BCUT2D eigenvalue weighted by atomic mass is 35.5. The van der Waals surface area contributed by atoms with E-state index in [0.717, 1.165) is 16.6 Å². The Bertz CT molecular complexity index is 1870. The van der Waals surface area contributed by atoms with Gasteiger partial charge in [-0.1, -0.05) is 41.4 Å². The number of aryl methyl sites for hydroxylation is 1. The van der Waals surface area contributed by atoms with Crippen molar-refractivity contribution in [3.63, 3.8) is 0 Å². The normalized spacial score (nSPS) is 11.6. The number of pyridine rings is 1. The molecule has 7 nitrogen and oxygen atoms in total. The molecule has 0 saturated heterocycles. The summed E-state index contributed by atoms with van der Waals surface area (Å²) in [5.41, 5.74) is 4.54. The number of nitrogens with one attached hydrogen (secondary N) is 1. The second kappa shape index (κ2) is 12.1. The molecule has 0 aliphatic carbocycles. The minimum atomic E-state index is -0.603. The van der Waals surface area contributed by atoms with E-state index in [4.69, 9.17) is 33.2 Å². The largest absolute Gasteiger partial charge is 0.487 e. The van der Waals surface area contributed by atoms with Gasteiger partial charge in [-0.05, 0) is 74.5 Å². The summed E-state index contributed by atoms with van der Waals surface area (Å²) in [5, 5.41) is 13.5. The fourth-order valence-corrected chi connectivity index (χ4v) is 5.25. The van der Waals surface area contributed by atoms with E-state index in [1.807, 2.05) is 43.3 Å². The smallest absolute Gasteiger partial charge is 0.233 e. The van der Waals surface area contributed by atoms with E-state index in [1.165, 1.54) is 0 Å². The lowest BCUT2D eigenvalue weighted by molar-refractivity contribution is -0.117. The Morgan fingerprint density at radius 3 is 2.52 bits per heavy atom. The second-order valence-corrected chi connectivity index (χ2v) is 10.7. The van der Waals surface area contributed by atoms with Crippen LogP contribution in [0.4, 0.5) is 5.69 Å². The van der Waals surface area contributed by atoms with Gasteiger partial charge in [0.1, 0.15) is 17.9 Å². The van der Waals surface area contributed by atoms with E-state index in [9.17, 15) is 9.59 Å². The van der Waals surface area contributed by atoms with Crippen LogP contribution in [0.2, 0.25) is 10.0 Å². The van der Waals surface area contributed by atoms with Crippen LogP contribution in [0.15, 0.2) is 78.9 Å². The summed E-state index contributed by atoms with van der Waals surface area (Å²) >= 11 is 13.2. The fourth-order valence-electron chi connectivity index (χ4n) is 4.72. The van der Waals surface area contributed by atoms with Crippen molar-refractivity contribution >= 4 is 51.5 Å². The van der Waals surface area contributed by atoms with Crippen molar-refractivity contribution in [1.29, 1.82) is 5.26 Å². The third-order valence-electron chi connectivity index (χ3n) is 7.14. The van der Waals surface area contributed by atoms with E-state index in [-0.39, 0.29) is 23.3 Å². The number of halogens is 2. The highest BCUT2D eigenvalue weighted by molar-refractivity contribution is 6.38. The molecule has 0 bridgehead atoms. The lowest BCUT2D eigenvalue weighted by Crippen LogP contribution is -2.22. The maximum atomic E-state index is 13.3. The molecule has 210 valence electrons. The maximum absolute atomic E-state index is 13.3. The Hall–Kier alpha value is -4.64. The summed E-state index contributed by atoms with van der Waals surface area (Å²) in [5.74, 6) is -0.517. The number of hydrogen-bond acceptors (Lipinski definition) is 5. The molecule has 0 aliphatic rings. The van der Waals surface area contributed by atoms with Gasteiger partial charge in [0.2, 0.25) is 11.7 Å². The van der Waals surface area contributed by atoms with Crippen LogP contribution in [0, 0.1) is 18.3 Å². The van der Waals surface area contributed by atoms with Crippen molar-refractivity contribution in [3.05, 3.63) is 123 Å². The predicted molar refractivity (Wildman–Crippen MR) is 164 cm³/mol. The van der Waals surface area contributed by atoms with Crippen LogP contribution < -0.4 is 10.1 Å². The Kier molecular flexibility index (Phi) is 8.30. The standard InChI is InChI=1S/C33H26Cl2N4O3/c1-19-7-10-22-5-4-6-29(31(22)37-19)42-18-24-25(34)13-14-26(30(24)35)38-33(41)20(2)27-15-16-28(39(27)3)32(40)23-11-8-21(17-36)9-12-23/h4-16,20H,18H2,1-3H3,(H,38,41). The van der Waals surface area contributed by atoms with Crippen molar-refractivity contribution in [2.24, 2.45) is 7.05 Å². The van der Waals surface area contributed by atoms with Gasteiger partial charge >= 0.3 is 0 Å². The molecule has 5 aromatic rings. The Balaban J connectivity index is 1.32. The number of aromatic nitrogens is 2. The number of rotatable bonds is 8. The van der Waals surface area contributed by atoms with Gasteiger partial charge in [0.15, 0.2) is 0 Å². The molecule has 1 unspecified atom stereocenters. The number of fused-ring (bicyclic) bond motifs is 1. The lowest BCUT2D eigenvalue weighted by atomic mass is 10.1. The number of carbonyl (C=O) groups is 2. The van der Waals surface area contributed by atoms with E-state index in [1.54, 1.807) is 67.1 Å². The van der Waals surface area contributed by atoms with E-state index >= 15 is 0 Å². The van der Waals surface area contributed by atoms with Crippen LogP contribution >= 0.6 is 23.2 Å². The zero-order valence-corrected chi connectivity index (χ0v) is 24.6. The molecule has 0 fully saturated rings. The van der Waals surface area contributed by atoms with Gasteiger partial charge in [-0.3, -0.25) is 9.59 Å². The number of benzene rings is 3. The zero-order valence-electron chi connectivity index (χ0n) is 23.1. The molecular weight excluding hydrogens is 571 g/mol. The Labute approximate surface area is 253 Å². The molecule has 2 heterocycles. The van der Waals surface area contributed by atoms with Gasteiger partial charge in [0, 0.05) is 40.0 Å². The molecule has 0 saturated carbocycles. The topological polar surface area (TPSA) is 97.0 Å². The quantitative estimate of drug-likeness (QED) is 0.186. The molecule has 42 heavy (non-hydrogen) atoms. The number of hydrogen-bond donors (Lipinski definition) is 1. The Morgan fingerprint density at radius 1 is 1.02 bits per heavy atom. The highest BCUT2D eigenvalue weighted by Crippen LogP contribution is 2.34. The summed E-state index contributed by atoms with van der Waals surface area (Å²) in [6, 6.07) is 24.8. The second-order valence-electron chi connectivity index (χ2n) is 9.89. The predicted octanol–water partition coefficient (Wildman–Crippen LogP) is 7.61. The van der Waals surface area contributed by atoms with Crippen molar-refractivity contribution in [1.82, 2.24) is 9.55 Å². The number of amides is 1. The SMILES string of the molecule is Cc1ccc2cccc(OCc3c(Cl)ccc(NC(=O)C(C)c4ccc(C(=O)c5ccc(C#N)cc5)n4C)c3Cl)c2n1. The fraction of sp³-hybridized carbons (Fsp3) is 0.152. The summed E-state index contributed by atoms with van der Waals surface area (Å²) in [6.45, 7) is 3.74. The zero-order chi connectivity index (χ0) is 30.0. The number of carbonyl (C=O) groups excluding carboxylic acids is 2. The molecule has 1 atom stereocenters. The molecule has 2 aromatic heterocycles. The molecule has 1 amide bonds. The van der Waals surface area contributed by atoms with Gasteiger partial charge in [-0.15, -0.1) is 0 Å². The first-order valence-electron chi connectivity index (χ1n) is 13.1. The molecule has 0 aliphatic heterocycles. The van der Waals surface area contributed by atoms with Crippen LogP contribution in [0.5, 0.6) is 5.75 Å². The van der Waals surface area contributed by atoms with Gasteiger partial charge in [-0.25, -0.2) is 4.98 Å². The van der Waals surface area contributed by atoms with Crippen LogP contribution in [-0.2, 0) is 18.4 Å². The van der Waals surface area contributed by atoms with E-state index in [2.05, 4.69) is 10.3 Å². The first-order chi connectivity index (χ1) is 20.2. The van der Waals surface area contributed by atoms with Crippen molar-refractivity contribution in [2.45, 2.75) is 26.4 Å². The number of nitriles is 1. The van der Waals surface area contributed by atoms with E-state index in [0.29, 0.717) is 44.5 Å². The Morgan fingerprint density at radius 2 is 1.79 bits per heavy atom. The molecular formula is C33H26Cl2N4O3. The summed E-state index contributed by atoms with van der Waals surface area (Å²) in [7, 11) is 1.74. The average molecular weight is 598 g/mol. The van der Waals surface area contributed by atoms with Crippen LogP contribution in [0.3, 0.4) is 0 Å². The number of para-hydroxylation sites is 1. The molecule has 9 heteroatoms. The number of ketones is 1. The van der Waals surface area contributed by atoms with Crippen LogP contribution in [-0.4, -0.2) is 21.2 Å². The third-order valence-corrected chi connectivity index (χ3v) is 7.93. The van der Waals surface area contributed by atoms with Crippen molar-refractivity contribution in [3.8, 4) is 11.8 Å². The molecule has 5 rings (SSSR count). The summed E-state index contributed by atoms with van der Waals surface area (Å²) < 4.78 is 7.80. The van der Waals surface area contributed by atoms with Gasteiger partial charge in [0.05, 0.1) is 34.0 Å². The molecule has 0 radical (unpaired) electrons. The molecule has 3 aromatic carbocycles. The average Bonchev–Trinajstić information content (AvgIpc) is 3.38. The molecule has 1 N–H and O–H groups in total. The molecule has 0 spiro atoms. The van der Waals surface area contributed by atoms with Gasteiger partial charge in [0.25, 0.3) is 0 Å². The van der Waals surface area contributed by atoms with Crippen LogP contribution in [0.25, 0.3) is 10.9 Å². The maximum Gasteiger partial charge on any atom is 0.233 e. The van der Waals surface area contributed by atoms with Crippen molar-refractivity contribution < 1.29 is 14.3 Å². The minimum Gasteiger partial charge on any atom is -0.487 e. The minimum absolute atomic E-state index is 0.0737. The van der Waals surface area contributed by atoms with E-state index < -0.39 is 5.92 Å². The first-order valence-corrected chi connectivity index (χ1v) is 13.9. The monoisotopic (exact) mass is 596 g/mol. The van der Waals surface area contributed by atoms with Gasteiger partial charge in [-0.2, -0.15) is 5.26 Å². The highest BCUT2D eigenvalue weighted by Gasteiger charge is 2.24. The van der Waals surface area contributed by atoms with Gasteiger partial charge < -0.3 is 14.6 Å². The number of ether oxygens (including phenoxy) is 1. The van der Waals surface area contributed by atoms with Crippen molar-refractivity contribution in [2.75, 3.05) is 5.32 Å².